The summed E-state index contributed by atoms with van der Waals surface area (Å²) in [6.07, 6.45) is 9.20. The van der Waals surface area contributed by atoms with E-state index in [2.05, 4.69) is 58.9 Å². The third-order valence-electron chi connectivity index (χ3n) is 5.18. The second-order valence-electron chi connectivity index (χ2n) is 7.33. The van der Waals surface area contributed by atoms with Gasteiger partial charge in [0, 0.05) is 5.56 Å². The summed E-state index contributed by atoms with van der Waals surface area (Å²) < 4.78 is 11.5. The Hall–Kier alpha value is -1.70. The molecule has 1 aromatic carbocycles. The van der Waals surface area contributed by atoms with Gasteiger partial charge in [-0.15, -0.1) is 0 Å². The van der Waals surface area contributed by atoms with Crippen molar-refractivity contribution in [1.82, 2.24) is 0 Å². The molecule has 0 bridgehead atoms. The van der Waals surface area contributed by atoms with Crippen LogP contribution in [0, 0.1) is 12.8 Å². The number of ether oxygens (including phenoxy) is 2. The van der Waals surface area contributed by atoms with E-state index in [0.29, 0.717) is 24.5 Å². The highest BCUT2D eigenvalue weighted by atomic mass is 16.7. The smallest absolute Gasteiger partial charge is 0.231 e. The lowest BCUT2D eigenvalue weighted by Gasteiger charge is -2.33. The summed E-state index contributed by atoms with van der Waals surface area (Å²) in [5.41, 5.74) is 5.41. The molecule has 1 aromatic rings. The summed E-state index contributed by atoms with van der Waals surface area (Å²) >= 11 is 0. The first-order chi connectivity index (χ1) is 11.0. The number of rotatable bonds is 3. The molecule has 1 heterocycles. The Balaban J connectivity index is 1.98. The van der Waals surface area contributed by atoms with Crippen LogP contribution in [0.4, 0.5) is 0 Å². The molecule has 2 nitrogen and oxygen atoms in total. The van der Waals surface area contributed by atoms with E-state index in [4.69, 9.17) is 9.47 Å². The fourth-order valence-corrected chi connectivity index (χ4v) is 3.93. The van der Waals surface area contributed by atoms with Crippen LogP contribution in [-0.4, -0.2) is 6.79 Å². The molecule has 0 radical (unpaired) electrons. The molecule has 0 fully saturated rings. The molecule has 2 aliphatic rings. The molecule has 0 saturated carbocycles. The number of aryl methyl sites for hydroxylation is 1. The lowest BCUT2D eigenvalue weighted by molar-refractivity contribution is 0.172. The van der Waals surface area contributed by atoms with Gasteiger partial charge in [0.15, 0.2) is 11.5 Å². The zero-order chi connectivity index (χ0) is 16.6. The second-order valence-corrected chi connectivity index (χ2v) is 7.33. The maximum Gasteiger partial charge on any atom is 0.231 e. The molecule has 0 unspecified atom stereocenters. The molecule has 0 spiro atoms. The summed E-state index contributed by atoms with van der Waals surface area (Å²) in [5, 5.41) is 0. The Bertz CT molecular complexity index is 650. The molecule has 0 aromatic heterocycles. The summed E-state index contributed by atoms with van der Waals surface area (Å²) in [4.78, 5) is 0. The van der Waals surface area contributed by atoms with E-state index in [-0.39, 0.29) is 0 Å². The molecule has 0 amide bonds. The zero-order valence-electron chi connectivity index (χ0n) is 15.0. The minimum absolute atomic E-state index is 0.361. The first kappa shape index (κ1) is 16.2. The van der Waals surface area contributed by atoms with Crippen LogP contribution >= 0.6 is 0 Å². The standard InChI is InChI=1S/C21H28O2/c1-13(2)7-6-8-14(3)17-10-9-15(4)19-18(17)11-16(5)20-21(19)23-12-22-20/h6-8,11,14-15,17H,9-10,12H2,1-5H3/b8-6-/t14-,15+,17+/m0/s1. The summed E-state index contributed by atoms with van der Waals surface area (Å²) in [6.45, 7) is 11.4. The van der Waals surface area contributed by atoms with Crippen molar-refractivity contribution in [3.8, 4) is 11.5 Å². The van der Waals surface area contributed by atoms with Crippen molar-refractivity contribution in [3.05, 3.63) is 46.6 Å². The van der Waals surface area contributed by atoms with Gasteiger partial charge in [0.1, 0.15) is 0 Å². The molecule has 1 aliphatic heterocycles. The van der Waals surface area contributed by atoms with Crippen molar-refractivity contribution < 1.29 is 9.47 Å². The van der Waals surface area contributed by atoms with Crippen LogP contribution in [0.1, 0.15) is 69.1 Å². The molecule has 0 saturated heterocycles. The Morgan fingerprint density at radius 3 is 2.70 bits per heavy atom. The molecular formula is C21H28O2. The SMILES string of the molecule is CC(C)=C/C=C\[C@H](C)[C@H]1CC[C@@H](C)c2c1cc(C)c1c2OCO1. The number of fused-ring (bicyclic) bond motifs is 3. The van der Waals surface area contributed by atoms with Gasteiger partial charge in [-0.05, 0) is 62.5 Å². The highest BCUT2D eigenvalue weighted by Crippen LogP contribution is 2.52. The van der Waals surface area contributed by atoms with Crippen LogP contribution in [0.5, 0.6) is 11.5 Å². The third kappa shape index (κ3) is 3.04. The van der Waals surface area contributed by atoms with Crippen molar-refractivity contribution in [2.75, 3.05) is 6.79 Å². The average molecular weight is 312 g/mol. The normalized spacial score (nSPS) is 23.7. The van der Waals surface area contributed by atoms with E-state index in [1.807, 2.05) is 0 Å². The molecule has 3 rings (SSSR count). The van der Waals surface area contributed by atoms with Gasteiger partial charge in [-0.1, -0.05) is 43.7 Å². The van der Waals surface area contributed by atoms with Crippen LogP contribution in [-0.2, 0) is 0 Å². The minimum Gasteiger partial charge on any atom is -0.453 e. The first-order valence-corrected chi connectivity index (χ1v) is 8.73. The molecule has 124 valence electrons. The lowest BCUT2D eigenvalue weighted by Crippen LogP contribution is -2.18. The Morgan fingerprint density at radius 2 is 1.96 bits per heavy atom. The summed E-state index contributed by atoms with van der Waals surface area (Å²) in [6, 6.07) is 2.34. The van der Waals surface area contributed by atoms with Gasteiger partial charge in [0.05, 0.1) is 0 Å². The maximum absolute atomic E-state index is 5.84. The summed E-state index contributed by atoms with van der Waals surface area (Å²) in [7, 11) is 0. The number of benzene rings is 1. The van der Waals surface area contributed by atoms with Gasteiger partial charge < -0.3 is 9.47 Å². The van der Waals surface area contributed by atoms with Crippen LogP contribution in [0.25, 0.3) is 0 Å². The predicted octanol–water partition coefficient (Wildman–Crippen LogP) is 5.86. The third-order valence-corrected chi connectivity index (χ3v) is 5.18. The summed E-state index contributed by atoms with van der Waals surface area (Å²) in [5.74, 6) is 3.61. The van der Waals surface area contributed by atoms with Gasteiger partial charge in [-0.3, -0.25) is 0 Å². The second kappa shape index (κ2) is 6.43. The number of hydrogen-bond acceptors (Lipinski definition) is 2. The predicted molar refractivity (Wildman–Crippen MR) is 95.4 cm³/mol. The number of hydrogen-bond donors (Lipinski definition) is 0. The zero-order valence-corrected chi connectivity index (χ0v) is 15.0. The van der Waals surface area contributed by atoms with Crippen molar-refractivity contribution >= 4 is 0 Å². The average Bonchev–Trinajstić information content (AvgIpc) is 2.97. The van der Waals surface area contributed by atoms with E-state index in [9.17, 15) is 0 Å². The lowest BCUT2D eigenvalue weighted by atomic mass is 9.71. The van der Waals surface area contributed by atoms with E-state index < -0.39 is 0 Å². The highest BCUT2D eigenvalue weighted by molar-refractivity contribution is 5.59. The fraction of sp³-hybridized carbons (Fsp3) is 0.524. The van der Waals surface area contributed by atoms with Gasteiger partial charge in [0.2, 0.25) is 6.79 Å². The topological polar surface area (TPSA) is 18.5 Å². The van der Waals surface area contributed by atoms with Crippen molar-refractivity contribution in [1.29, 1.82) is 0 Å². The van der Waals surface area contributed by atoms with E-state index in [1.165, 1.54) is 35.1 Å². The monoisotopic (exact) mass is 312 g/mol. The van der Waals surface area contributed by atoms with Gasteiger partial charge in [0.25, 0.3) is 0 Å². The molecule has 23 heavy (non-hydrogen) atoms. The van der Waals surface area contributed by atoms with Crippen LogP contribution in [0.3, 0.4) is 0 Å². The van der Waals surface area contributed by atoms with Gasteiger partial charge in [-0.2, -0.15) is 0 Å². The van der Waals surface area contributed by atoms with Crippen LogP contribution in [0.2, 0.25) is 0 Å². The van der Waals surface area contributed by atoms with Crippen molar-refractivity contribution in [2.45, 2.75) is 59.3 Å². The molecular weight excluding hydrogens is 284 g/mol. The molecule has 3 atom stereocenters. The van der Waals surface area contributed by atoms with Crippen LogP contribution in [0.15, 0.2) is 29.9 Å². The molecule has 0 N–H and O–H groups in total. The van der Waals surface area contributed by atoms with Crippen molar-refractivity contribution in [3.63, 3.8) is 0 Å². The van der Waals surface area contributed by atoms with Crippen LogP contribution < -0.4 is 9.47 Å². The number of allylic oxidation sites excluding steroid dienone is 4. The maximum atomic E-state index is 5.84. The highest BCUT2D eigenvalue weighted by Gasteiger charge is 2.34. The molecule has 1 aliphatic carbocycles. The minimum atomic E-state index is 0.361. The largest absolute Gasteiger partial charge is 0.453 e. The van der Waals surface area contributed by atoms with Gasteiger partial charge in [-0.25, -0.2) is 0 Å². The quantitative estimate of drug-likeness (QED) is 0.650. The Morgan fingerprint density at radius 1 is 1.22 bits per heavy atom. The van der Waals surface area contributed by atoms with Crippen molar-refractivity contribution in [2.24, 2.45) is 5.92 Å². The van der Waals surface area contributed by atoms with Gasteiger partial charge >= 0.3 is 0 Å². The van der Waals surface area contributed by atoms with E-state index in [1.54, 1.807) is 0 Å². The van der Waals surface area contributed by atoms with E-state index >= 15 is 0 Å². The Kier molecular flexibility index (Phi) is 4.52. The first-order valence-electron chi connectivity index (χ1n) is 8.73. The fourth-order valence-electron chi connectivity index (χ4n) is 3.93. The Labute approximate surface area is 140 Å². The molecule has 2 heteroatoms. The van der Waals surface area contributed by atoms with E-state index in [0.717, 1.165) is 11.5 Å².